The zero-order chi connectivity index (χ0) is 17.6. The number of pyridine rings is 1. The van der Waals surface area contributed by atoms with Crippen molar-refractivity contribution in [2.45, 2.75) is 19.5 Å². The minimum Gasteiger partial charge on any atom is -0.397 e. The normalized spacial score (nSPS) is 13.3. The lowest BCUT2D eigenvalue weighted by molar-refractivity contribution is -0.131. The first kappa shape index (κ1) is 16.1. The highest BCUT2D eigenvalue weighted by molar-refractivity contribution is 7.19. The van der Waals surface area contributed by atoms with Gasteiger partial charge < -0.3 is 10.6 Å². The molecule has 6 nitrogen and oxygen atoms in total. The van der Waals surface area contributed by atoms with Gasteiger partial charge in [0.1, 0.15) is 0 Å². The maximum atomic E-state index is 12.6. The Morgan fingerprint density at radius 3 is 2.88 bits per heavy atom. The van der Waals surface area contributed by atoms with Crippen molar-refractivity contribution in [1.82, 2.24) is 19.7 Å². The number of nitrogens with two attached hydrogens (primary N) is 1. The van der Waals surface area contributed by atoms with Crippen molar-refractivity contribution in [2.24, 2.45) is 7.05 Å². The third-order valence-corrected chi connectivity index (χ3v) is 5.45. The van der Waals surface area contributed by atoms with E-state index >= 15 is 0 Å². The first-order valence-corrected chi connectivity index (χ1v) is 8.99. The number of hydrogen-bond donors (Lipinski definition) is 1. The monoisotopic (exact) mass is 373 g/mol. The summed E-state index contributed by atoms with van der Waals surface area (Å²) in [5.74, 6) is 0.00113. The highest BCUT2D eigenvalue weighted by atomic mass is 35.5. The average molecular weight is 374 g/mol. The van der Waals surface area contributed by atoms with Crippen LogP contribution in [0.2, 0.25) is 4.34 Å². The summed E-state index contributed by atoms with van der Waals surface area (Å²) >= 11 is 7.44. The van der Waals surface area contributed by atoms with Gasteiger partial charge in [-0.2, -0.15) is 5.10 Å². The Kier molecular flexibility index (Phi) is 3.97. The van der Waals surface area contributed by atoms with Crippen LogP contribution in [-0.4, -0.2) is 25.6 Å². The lowest BCUT2D eigenvalue weighted by Crippen LogP contribution is -2.28. The summed E-state index contributed by atoms with van der Waals surface area (Å²) in [7, 11) is 1.89. The van der Waals surface area contributed by atoms with Crippen LogP contribution in [-0.2, 0) is 31.4 Å². The number of carbonyl (C=O) groups excluding carboxylic acids is 1. The number of aryl methyl sites for hydroxylation is 1. The van der Waals surface area contributed by atoms with Crippen LogP contribution in [0.3, 0.4) is 0 Å². The van der Waals surface area contributed by atoms with Crippen molar-refractivity contribution >= 4 is 34.5 Å². The van der Waals surface area contributed by atoms with E-state index in [4.69, 9.17) is 17.3 Å². The van der Waals surface area contributed by atoms with Gasteiger partial charge in [-0.3, -0.25) is 9.48 Å². The topological polar surface area (TPSA) is 77.0 Å². The highest BCUT2D eigenvalue weighted by Crippen LogP contribution is 2.31. The van der Waals surface area contributed by atoms with Crippen molar-refractivity contribution < 1.29 is 4.79 Å². The van der Waals surface area contributed by atoms with E-state index in [0.717, 1.165) is 21.8 Å². The quantitative estimate of drug-likeness (QED) is 0.765. The van der Waals surface area contributed by atoms with Gasteiger partial charge in [-0.25, -0.2) is 4.98 Å². The molecule has 0 fully saturated rings. The molecule has 0 spiro atoms. The van der Waals surface area contributed by atoms with E-state index in [1.54, 1.807) is 15.6 Å². The molecular formula is C17H16ClN5OS. The fourth-order valence-electron chi connectivity index (χ4n) is 2.97. The first-order chi connectivity index (χ1) is 12.0. The molecule has 4 heterocycles. The number of amides is 1. The van der Waals surface area contributed by atoms with Gasteiger partial charge in [0, 0.05) is 25.4 Å². The highest BCUT2D eigenvalue weighted by Gasteiger charge is 2.26. The molecule has 0 radical (unpaired) electrons. The van der Waals surface area contributed by atoms with Gasteiger partial charge in [0.15, 0.2) is 0 Å². The molecule has 0 saturated heterocycles. The molecule has 0 bridgehead atoms. The van der Waals surface area contributed by atoms with E-state index in [9.17, 15) is 4.79 Å². The van der Waals surface area contributed by atoms with Crippen LogP contribution in [0.5, 0.6) is 0 Å². The number of hydrogen-bond acceptors (Lipinski definition) is 5. The van der Waals surface area contributed by atoms with Gasteiger partial charge in [-0.15, -0.1) is 11.3 Å². The van der Waals surface area contributed by atoms with Crippen molar-refractivity contribution in [3.63, 3.8) is 0 Å². The predicted octanol–water partition coefficient (Wildman–Crippen LogP) is 2.86. The molecule has 3 aromatic rings. The van der Waals surface area contributed by atoms with E-state index in [2.05, 4.69) is 10.1 Å². The van der Waals surface area contributed by atoms with E-state index in [0.29, 0.717) is 28.8 Å². The minimum atomic E-state index is 0.00113. The summed E-state index contributed by atoms with van der Waals surface area (Å²) in [5.41, 5.74) is 9.98. The fourth-order valence-corrected chi connectivity index (χ4v) is 3.98. The molecule has 0 saturated carbocycles. The maximum Gasteiger partial charge on any atom is 0.229 e. The Morgan fingerprint density at radius 2 is 2.16 bits per heavy atom. The molecular weight excluding hydrogens is 358 g/mol. The third-order valence-electron chi connectivity index (χ3n) is 4.20. The second-order valence-corrected chi connectivity index (χ2v) is 7.75. The van der Waals surface area contributed by atoms with E-state index in [1.807, 2.05) is 31.4 Å². The van der Waals surface area contributed by atoms with Crippen molar-refractivity contribution in [1.29, 1.82) is 0 Å². The van der Waals surface area contributed by atoms with E-state index in [1.165, 1.54) is 11.3 Å². The Labute approximate surface area is 153 Å². The first-order valence-electron chi connectivity index (χ1n) is 7.80. The minimum absolute atomic E-state index is 0.00113. The van der Waals surface area contributed by atoms with Crippen LogP contribution in [0.4, 0.5) is 5.69 Å². The standard InChI is InChI=1S/C17H16ClN5OS/c1-22-7-10-8-23(9-14(10)21-22)17(24)6-13-11(19)2-3-12(20-13)15-4-5-16(18)25-15/h2-5,7H,6,8-9,19H2,1H3. The van der Waals surface area contributed by atoms with E-state index in [-0.39, 0.29) is 12.3 Å². The molecule has 1 aliphatic rings. The molecule has 1 amide bonds. The van der Waals surface area contributed by atoms with Gasteiger partial charge in [-0.05, 0) is 24.3 Å². The number of nitrogens with zero attached hydrogens (tertiary/aromatic N) is 4. The summed E-state index contributed by atoms with van der Waals surface area (Å²) in [6.07, 6.45) is 2.13. The van der Waals surface area contributed by atoms with Gasteiger partial charge in [0.2, 0.25) is 5.91 Å². The van der Waals surface area contributed by atoms with Crippen LogP contribution < -0.4 is 5.73 Å². The van der Waals surface area contributed by atoms with Gasteiger partial charge >= 0.3 is 0 Å². The molecule has 2 N–H and O–H groups in total. The number of nitrogen functional groups attached to an aromatic ring is 1. The molecule has 25 heavy (non-hydrogen) atoms. The van der Waals surface area contributed by atoms with Gasteiger partial charge in [0.25, 0.3) is 0 Å². The zero-order valence-electron chi connectivity index (χ0n) is 13.6. The van der Waals surface area contributed by atoms with Crippen LogP contribution in [0.1, 0.15) is 17.0 Å². The molecule has 0 atom stereocenters. The Bertz CT molecular complexity index is 940. The fraction of sp³-hybridized carbons (Fsp3) is 0.235. The zero-order valence-corrected chi connectivity index (χ0v) is 15.1. The van der Waals surface area contributed by atoms with Crippen molar-refractivity contribution in [2.75, 3.05) is 5.73 Å². The lowest BCUT2D eigenvalue weighted by Gasteiger charge is -2.16. The van der Waals surface area contributed by atoms with Crippen LogP contribution >= 0.6 is 22.9 Å². The summed E-state index contributed by atoms with van der Waals surface area (Å²) in [4.78, 5) is 20.0. The number of halogens is 1. The van der Waals surface area contributed by atoms with E-state index < -0.39 is 0 Å². The number of aromatic nitrogens is 3. The summed E-state index contributed by atoms with van der Waals surface area (Å²) in [5, 5.41) is 4.38. The van der Waals surface area contributed by atoms with Crippen molar-refractivity contribution in [3.05, 3.63) is 51.7 Å². The second kappa shape index (κ2) is 6.16. The number of carbonyl (C=O) groups is 1. The molecule has 3 aromatic heterocycles. The van der Waals surface area contributed by atoms with Crippen molar-refractivity contribution in [3.8, 4) is 10.6 Å². The third kappa shape index (κ3) is 3.12. The smallest absolute Gasteiger partial charge is 0.229 e. The average Bonchev–Trinajstić information content (AvgIpc) is 3.23. The molecule has 0 unspecified atom stereocenters. The Hall–Kier alpha value is -2.38. The van der Waals surface area contributed by atoms with Crippen LogP contribution in [0, 0.1) is 0 Å². The molecule has 0 aromatic carbocycles. The Balaban J connectivity index is 1.52. The lowest BCUT2D eigenvalue weighted by atomic mass is 10.2. The number of anilines is 1. The van der Waals surface area contributed by atoms with Gasteiger partial charge in [0.05, 0.1) is 44.9 Å². The molecule has 0 aliphatic carbocycles. The largest absolute Gasteiger partial charge is 0.397 e. The molecule has 1 aliphatic heterocycles. The Morgan fingerprint density at radius 1 is 1.32 bits per heavy atom. The summed E-state index contributed by atoms with van der Waals surface area (Å²) in [6.45, 7) is 1.12. The summed E-state index contributed by atoms with van der Waals surface area (Å²) in [6, 6.07) is 7.39. The number of thiophene rings is 1. The summed E-state index contributed by atoms with van der Waals surface area (Å²) < 4.78 is 2.48. The van der Waals surface area contributed by atoms with Crippen LogP contribution in [0.15, 0.2) is 30.5 Å². The van der Waals surface area contributed by atoms with Gasteiger partial charge in [-0.1, -0.05) is 11.6 Å². The SMILES string of the molecule is Cn1cc2c(n1)CN(C(=O)Cc1nc(-c3ccc(Cl)s3)ccc1N)C2. The maximum absolute atomic E-state index is 12.6. The van der Waals surface area contributed by atoms with Crippen LogP contribution in [0.25, 0.3) is 10.6 Å². The number of fused-ring (bicyclic) bond motifs is 1. The number of rotatable bonds is 3. The molecule has 4 rings (SSSR count). The second-order valence-electron chi connectivity index (χ2n) is 6.04. The molecule has 8 heteroatoms. The predicted molar refractivity (Wildman–Crippen MR) is 98.1 cm³/mol. The molecule has 128 valence electrons.